The van der Waals surface area contributed by atoms with Crippen LogP contribution in [0.2, 0.25) is 0 Å². The van der Waals surface area contributed by atoms with Gasteiger partial charge in [-0.2, -0.15) is 0 Å². The Morgan fingerprint density at radius 3 is 2.47 bits per heavy atom. The average molecular weight is 452 g/mol. The number of carbonyl (C=O) groups excluding carboxylic acids is 3. The van der Waals surface area contributed by atoms with Crippen molar-refractivity contribution in [3.8, 4) is 0 Å². The highest BCUT2D eigenvalue weighted by molar-refractivity contribution is 8.01. The molecule has 6 nitrogen and oxygen atoms in total. The lowest BCUT2D eigenvalue weighted by atomic mass is 10.1. The summed E-state index contributed by atoms with van der Waals surface area (Å²) >= 11 is 1.30. The Hall–Kier alpha value is -2.80. The van der Waals surface area contributed by atoms with E-state index in [1.807, 2.05) is 61.2 Å². The first-order valence-corrected chi connectivity index (χ1v) is 12.0. The number of anilines is 2. The Bertz CT molecular complexity index is 1030. The molecule has 4 rings (SSSR count). The van der Waals surface area contributed by atoms with Gasteiger partial charge < -0.3 is 15.1 Å². The van der Waals surface area contributed by atoms with Gasteiger partial charge in [-0.05, 0) is 50.5 Å². The predicted octanol–water partition coefficient (Wildman–Crippen LogP) is 4.15. The third-order valence-corrected chi connectivity index (χ3v) is 7.23. The molecule has 0 aromatic heterocycles. The minimum Gasteiger partial charge on any atom is -0.341 e. The molecule has 0 aliphatic carbocycles. The van der Waals surface area contributed by atoms with Crippen molar-refractivity contribution in [2.24, 2.45) is 0 Å². The number of carbonyl (C=O) groups is 3. The zero-order chi connectivity index (χ0) is 22.7. The lowest BCUT2D eigenvalue weighted by molar-refractivity contribution is -0.135. The highest BCUT2D eigenvalue weighted by Gasteiger charge is 2.40. The van der Waals surface area contributed by atoms with Crippen molar-refractivity contribution in [1.82, 2.24) is 4.90 Å². The molecular formula is C25H29N3O3S. The van der Waals surface area contributed by atoms with Gasteiger partial charge >= 0.3 is 0 Å². The Labute approximate surface area is 193 Å². The number of rotatable bonds is 4. The number of hydrogen-bond donors (Lipinski definition) is 1. The summed E-state index contributed by atoms with van der Waals surface area (Å²) in [6.07, 6.45) is 4.16. The number of likely N-dealkylation sites (tertiary alicyclic amines) is 1. The number of nitrogens with zero attached hydrogens (tertiary/aromatic N) is 2. The summed E-state index contributed by atoms with van der Waals surface area (Å²) in [5.41, 5.74) is 3.49. The van der Waals surface area contributed by atoms with Crippen molar-refractivity contribution >= 4 is 40.9 Å². The van der Waals surface area contributed by atoms with Gasteiger partial charge in [-0.25, -0.2) is 0 Å². The van der Waals surface area contributed by atoms with Crippen LogP contribution in [0.25, 0.3) is 0 Å². The SMILES string of the molecule is Cc1ccc(NC(=O)CN2C(=O)[C@H](C(=O)N3CCCCCC3)Sc3ccccc32)c(C)c1. The van der Waals surface area contributed by atoms with Crippen LogP contribution in [0.15, 0.2) is 47.4 Å². The van der Waals surface area contributed by atoms with E-state index < -0.39 is 5.25 Å². The zero-order valence-electron chi connectivity index (χ0n) is 18.6. The van der Waals surface area contributed by atoms with Crippen molar-refractivity contribution in [3.05, 3.63) is 53.6 Å². The molecule has 32 heavy (non-hydrogen) atoms. The molecule has 1 fully saturated rings. The summed E-state index contributed by atoms with van der Waals surface area (Å²) < 4.78 is 0. The van der Waals surface area contributed by atoms with E-state index in [9.17, 15) is 14.4 Å². The summed E-state index contributed by atoms with van der Waals surface area (Å²) in [6, 6.07) is 13.3. The van der Waals surface area contributed by atoms with Gasteiger partial charge in [0, 0.05) is 23.7 Å². The van der Waals surface area contributed by atoms with E-state index in [4.69, 9.17) is 0 Å². The number of aryl methyl sites for hydroxylation is 2. The molecule has 2 aliphatic heterocycles. The van der Waals surface area contributed by atoms with Gasteiger partial charge in [-0.3, -0.25) is 14.4 Å². The van der Waals surface area contributed by atoms with Gasteiger partial charge in [0.2, 0.25) is 11.8 Å². The van der Waals surface area contributed by atoms with E-state index in [1.54, 1.807) is 0 Å². The van der Waals surface area contributed by atoms with Crippen LogP contribution in [0.3, 0.4) is 0 Å². The first-order chi connectivity index (χ1) is 15.4. The fourth-order valence-corrected chi connectivity index (χ4v) is 5.47. The second kappa shape index (κ2) is 9.77. The molecule has 0 radical (unpaired) electrons. The first kappa shape index (κ1) is 22.4. The fraction of sp³-hybridized carbons (Fsp3) is 0.400. The maximum Gasteiger partial charge on any atom is 0.250 e. The Balaban J connectivity index is 1.55. The average Bonchev–Trinajstić information content (AvgIpc) is 3.07. The summed E-state index contributed by atoms with van der Waals surface area (Å²) in [7, 11) is 0. The smallest absolute Gasteiger partial charge is 0.250 e. The molecule has 1 saturated heterocycles. The van der Waals surface area contributed by atoms with Crippen LogP contribution in [0.4, 0.5) is 11.4 Å². The largest absolute Gasteiger partial charge is 0.341 e. The number of hydrogen-bond acceptors (Lipinski definition) is 4. The molecule has 168 valence electrons. The molecule has 0 spiro atoms. The normalized spacial score (nSPS) is 18.7. The van der Waals surface area contributed by atoms with Gasteiger partial charge in [-0.15, -0.1) is 11.8 Å². The number of amides is 3. The van der Waals surface area contributed by atoms with Gasteiger partial charge in [0.25, 0.3) is 5.91 Å². The highest BCUT2D eigenvalue weighted by atomic mass is 32.2. The van der Waals surface area contributed by atoms with Crippen LogP contribution in [0.1, 0.15) is 36.8 Å². The van der Waals surface area contributed by atoms with E-state index in [2.05, 4.69) is 5.32 Å². The van der Waals surface area contributed by atoms with Gasteiger partial charge in [-0.1, -0.05) is 42.7 Å². The van der Waals surface area contributed by atoms with Crippen LogP contribution in [0, 0.1) is 13.8 Å². The van der Waals surface area contributed by atoms with Crippen molar-refractivity contribution < 1.29 is 14.4 Å². The van der Waals surface area contributed by atoms with Crippen molar-refractivity contribution in [3.63, 3.8) is 0 Å². The minimum atomic E-state index is -0.850. The summed E-state index contributed by atoms with van der Waals surface area (Å²) in [5.74, 6) is -0.747. The quantitative estimate of drug-likeness (QED) is 0.709. The lowest BCUT2D eigenvalue weighted by Gasteiger charge is -2.34. The van der Waals surface area contributed by atoms with E-state index in [0.29, 0.717) is 18.8 Å². The molecule has 3 amide bonds. The maximum absolute atomic E-state index is 13.4. The monoisotopic (exact) mass is 451 g/mol. The van der Waals surface area contributed by atoms with E-state index in [1.165, 1.54) is 16.7 Å². The summed E-state index contributed by atoms with van der Waals surface area (Å²) in [6.45, 7) is 5.20. The highest BCUT2D eigenvalue weighted by Crippen LogP contribution is 2.40. The molecule has 2 aromatic carbocycles. The molecular weight excluding hydrogens is 422 g/mol. The molecule has 0 bridgehead atoms. The van der Waals surface area contributed by atoms with E-state index >= 15 is 0 Å². The zero-order valence-corrected chi connectivity index (χ0v) is 19.4. The van der Waals surface area contributed by atoms with Crippen LogP contribution in [-0.4, -0.2) is 47.5 Å². The molecule has 2 aliphatic rings. The van der Waals surface area contributed by atoms with Crippen LogP contribution in [-0.2, 0) is 14.4 Å². The minimum absolute atomic E-state index is 0.131. The van der Waals surface area contributed by atoms with Gasteiger partial charge in [0.15, 0.2) is 5.25 Å². The van der Waals surface area contributed by atoms with E-state index in [0.717, 1.165) is 47.4 Å². The first-order valence-electron chi connectivity index (χ1n) is 11.2. The summed E-state index contributed by atoms with van der Waals surface area (Å²) in [4.78, 5) is 43.7. The fourth-order valence-electron chi connectivity index (χ4n) is 4.28. The molecule has 7 heteroatoms. The number of benzene rings is 2. The number of para-hydroxylation sites is 1. The summed E-state index contributed by atoms with van der Waals surface area (Å²) in [5, 5.41) is 2.07. The van der Waals surface area contributed by atoms with Crippen LogP contribution < -0.4 is 10.2 Å². The topological polar surface area (TPSA) is 69.7 Å². The van der Waals surface area contributed by atoms with Gasteiger partial charge in [0.1, 0.15) is 6.54 Å². The number of thioether (sulfide) groups is 1. The molecule has 2 aromatic rings. The molecule has 1 N–H and O–H groups in total. The molecule has 0 saturated carbocycles. The molecule has 2 heterocycles. The standard InChI is InChI=1S/C25H29N3O3S/c1-17-11-12-19(18(2)15-17)26-22(29)16-28-20-9-5-6-10-21(20)32-23(25(28)31)24(30)27-13-7-3-4-8-14-27/h5-6,9-12,15,23H,3-4,7-8,13-14,16H2,1-2H3,(H,26,29)/t23-/m0/s1. The Morgan fingerprint density at radius 2 is 1.75 bits per heavy atom. The number of fused-ring (bicyclic) bond motifs is 1. The molecule has 0 unspecified atom stereocenters. The third-order valence-electron chi connectivity index (χ3n) is 5.99. The Kier molecular flexibility index (Phi) is 6.84. The van der Waals surface area contributed by atoms with Gasteiger partial charge in [0.05, 0.1) is 5.69 Å². The Morgan fingerprint density at radius 1 is 1.03 bits per heavy atom. The molecule has 1 atom stereocenters. The van der Waals surface area contributed by atoms with E-state index in [-0.39, 0.29) is 24.3 Å². The van der Waals surface area contributed by atoms with Crippen LogP contribution >= 0.6 is 11.8 Å². The van der Waals surface area contributed by atoms with Crippen molar-refractivity contribution in [2.45, 2.75) is 49.7 Å². The third kappa shape index (κ3) is 4.83. The second-order valence-electron chi connectivity index (χ2n) is 8.50. The maximum atomic E-state index is 13.4. The lowest BCUT2D eigenvalue weighted by Crippen LogP contribution is -2.51. The van der Waals surface area contributed by atoms with Crippen molar-refractivity contribution in [2.75, 3.05) is 29.9 Å². The van der Waals surface area contributed by atoms with Crippen molar-refractivity contribution in [1.29, 1.82) is 0 Å². The van der Waals surface area contributed by atoms with Crippen LogP contribution in [0.5, 0.6) is 0 Å². The second-order valence-corrected chi connectivity index (χ2v) is 9.64. The predicted molar refractivity (Wildman–Crippen MR) is 128 cm³/mol. The number of nitrogens with one attached hydrogen (secondary N) is 1.